The van der Waals surface area contributed by atoms with E-state index in [2.05, 4.69) is 32.0 Å². The van der Waals surface area contributed by atoms with Crippen LogP contribution < -0.4 is 31.2 Å². The molecule has 2 saturated heterocycles. The number of rotatable bonds is 28. The molecule has 2 aliphatic heterocycles. The molecule has 0 saturated carbocycles. The van der Waals surface area contributed by atoms with Gasteiger partial charge in [-0.15, -0.1) is 6.42 Å². The van der Waals surface area contributed by atoms with Gasteiger partial charge in [0, 0.05) is 92.7 Å². The summed E-state index contributed by atoms with van der Waals surface area (Å²) in [6.45, 7) is 9.83. The Labute approximate surface area is 494 Å². The van der Waals surface area contributed by atoms with Crippen LogP contribution in [0.3, 0.4) is 0 Å². The van der Waals surface area contributed by atoms with Crippen LogP contribution >= 0.6 is 20.0 Å². The van der Waals surface area contributed by atoms with E-state index in [-0.39, 0.29) is 67.8 Å². The van der Waals surface area contributed by atoms with Gasteiger partial charge in [-0.1, -0.05) is 55.6 Å². The highest BCUT2D eigenvalue weighted by molar-refractivity contribution is 7.65. The van der Waals surface area contributed by atoms with Crippen molar-refractivity contribution >= 4 is 78.8 Å². The Hall–Kier alpha value is -7.87. The molecule has 2 fully saturated rings. The number of aliphatic hydroxyl groups is 1. The van der Waals surface area contributed by atoms with E-state index in [1.54, 1.807) is 47.1 Å². The summed E-state index contributed by atoms with van der Waals surface area (Å²) in [4.78, 5) is 123. The smallest absolute Gasteiger partial charge is 0.267 e. The number of aromatic nitrogens is 2. The molecule has 0 aliphatic carbocycles. The second-order valence-corrected chi connectivity index (χ2v) is 22.1. The normalized spacial score (nSPS) is 16.0. The van der Waals surface area contributed by atoms with Crippen molar-refractivity contribution in [3.8, 4) is 24.0 Å². The minimum absolute atomic E-state index is 0.0133. The van der Waals surface area contributed by atoms with Crippen LogP contribution in [0.5, 0.6) is 11.6 Å². The molecule has 5 atom stereocenters. The van der Waals surface area contributed by atoms with Gasteiger partial charge in [0.2, 0.25) is 50.3 Å². The highest BCUT2D eigenvalue weighted by Crippen LogP contribution is 2.32. The standard InChI is InChI=1S/C40H49ClN7O11P.C10H9NO.C9H17NO2/c1-24(43-38(52)32-20-28-19-27(40(54)60(55)56)8-11-31(28)45-32)21-47(25(2)50)16-14-30-10-12-33(48(30)23-49)39(53)44-29(9-13-35(42)51)22-58-34-7-3-5-26(37(34)41)6-4-17-57-36-15-18-59-46-36;1-2-9-3-5-10(6-4-9)7-11-8-12;1-7(2)5-9(12)10-4-3-8(11)6-10/h3,5,7-8,11,15,18-20,23-24,29-30,33,45,55-56H,4,6,9-10,12-14,16-17,21-22H2,1-2H3,(H2,42,51)(H,43,52)(H,44,53);1,3-6,8H,7H2,(H,11,12);7-8,11H,3-6H2,1-2H3/t24?,29-,30+,33?;;/m0../s1. The largest absolute Gasteiger partial charge is 0.490 e. The third-order valence-corrected chi connectivity index (χ3v) is 14.8. The Kier molecular flexibility index (Phi) is 27.1. The van der Waals surface area contributed by atoms with E-state index < -0.39 is 49.7 Å². The van der Waals surface area contributed by atoms with Gasteiger partial charge < -0.3 is 70.3 Å². The lowest BCUT2D eigenvalue weighted by Gasteiger charge is -2.30. The number of amides is 7. The first-order chi connectivity index (χ1) is 40.2. The molecule has 84 heavy (non-hydrogen) atoms. The molecule has 2 aliphatic rings. The number of nitrogens with zero attached hydrogens (tertiary/aromatic N) is 4. The van der Waals surface area contributed by atoms with E-state index in [1.807, 2.05) is 44.2 Å². The molecule has 7 amide bonds. The number of terminal acetylenes is 1. The number of halogens is 1. The van der Waals surface area contributed by atoms with Crippen LogP contribution in [0.2, 0.25) is 5.02 Å². The van der Waals surface area contributed by atoms with E-state index in [0.29, 0.717) is 105 Å². The van der Waals surface area contributed by atoms with Gasteiger partial charge in [-0.25, -0.2) is 0 Å². The molecular weight excluding hydrogens is 1130 g/mol. The second kappa shape index (κ2) is 34.0. The number of H-pyrrole nitrogens is 1. The van der Waals surface area contributed by atoms with Crippen molar-refractivity contribution in [3.05, 3.63) is 112 Å². The number of nitrogens with two attached hydrogens (primary N) is 1. The van der Waals surface area contributed by atoms with Crippen LogP contribution in [0.4, 0.5) is 0 Å². The molecule has 7 rings (SSSR count). The van der Waals surface area contributed by atoms with Crippen LogP contribution in [0, 0.1) is 18.3 Å². The van der Waals surface area contributed by atoms with E-state index in [0.717, 1.165) is 29.7 Å². The SMILES string of the molecule is C#Cc1ccc(CNC=O)cc1.CC(=O)N(CC[C@H]1CCC(C(=O)N[C@@H](CCC(N)=O)COc2cccc(CCCOc3ccon3)c2Cl)N1C=O)CC(C)NC(=O)c1cc2cc(C(=O)P(O)O)ccc2[nH]1.CC(C)CC(=O)N1CCC(O)C1. The summed E-state index contributed by atoms with van der Waals surface area (Å²) in [5.74, 6) is 2.26. The van der Waals surface area contributed by atoms with Crippen molar-refractivity contribution in [1.29, 1.82) is 0 Å². The Bertz CT molecular complexity index is 3030. The molecule has 23 nitrogen and oxygen atoms in total. The number of carbonyl (C=O) groups is 8. The Morgan fingerprint density at radius 3 is 2.40 bits per heavy atom. The van der Waals surface area contributed by atoms with Crippen molar-refractivity contribution in [2.45, 2.75) is 122 Å². The fourth-order valence-electron chi connectivity index (χ4n) is 9.39. The number of carbonyl (C=O) groups excluding carboxylic acids is 8. The zero-order chi connectivity index (χ0) is 61.3. The number of aliphatic hydroxyl groups excluding tert-OH is 1. The molecule has 3 aromatic carbocycles. The minimum atomic E-state index is -2.79. The molecule has 9 N–H and O–H groups in total. The van der Waals surface area contributed by atoms with Gasteiger partial charge >= 0.3 is 0 Å². The summed E-state index contributed by atoms with van der Waals surface area (Å²) in [6.07, 6.45) is 11.6. The lowest BCUT2D eigenvalue weighted by molar-refractivity contribution is -0.133. The van der Waals surface area contributed by atoms with E-state index in [4.69, 9.17) is 37.8 Å². The lowest BCUT2D eigenvalue weighted by Crippen LogP contribution is -2.50. The second-order valence-electron chi connectivity index (χ2n) is 20.8. The first-order valence-corrected chi connectivity index (χ1v) is 29.2. The van der Waals surface area contributed by atoms with Gasteiger partial charge in [-0.05, 0) is 117 Å². The average Bonchev–Trinajstić information content (AvgIpc) is 3.83. The summed E-state index contributed by atoms with van der Waals surface area (Å²) in [7, 11) is -2.79. The Balaban J connectivity index is 0.000000440. The number of aromatic amines is 1. The van der Waals surface area contributed by atoms with Gasteiger partial charge in [0.1, 0.15) is 30.4 Å². The van der Waals surface area contributed by atoms with Crippen molar-refractivity contribution in [2.24, 2.45) is 11.7 Å². The molecule has 3 unspecified atom stereocenters. The number of fused-ring (bicyclic) bond motifs is 1. The summed E-state index contributed by atoms with van der Waals surface area (Å²) in [5, 5.41) is 22.2. The van der Waals surface area contributed by atoms with Gasteiger partial charge in [-0.2, -0.15) is 0 Å². The molecule has 25 heteroatoms. The molecule has 0 radical (unpaired) electrons. The highest BCUT2D eigenvalue weighted by atomic mass is 35.5. The van der Waals surface area contributed by atoms with Crippen LogP contribution in [0.25, 0.3) is 10.9 Å². The summed E-state index contributed by atoms with van der Waals surface area (Å²) in [5.41, 5.74) is 8.24. The predicted octanol–water partition coefficient (Wildman–Crippen LogP) is 4.97. The molecule has 2 aromatic heterocycles. The van der Waals surface area contributed by atoms with Crippen LogP contribution in [-0.4, -0.2) is 157 Å². The fraction of sp³-hybridized carbons (Fsp3) is 0.441. The van der Waals surface area contributed by atoms with Gasteiger partial charge in [0.05, 0.1) is 23.8 Å². The van der Waals surface area contributed by atoms with Crippen molar-refractivity contribution in [3.63, 3.8) is 0 Å². The van der Waals surface area contributed by atoms with Gasteiger partial charge in [0.15, 0.2) is 0 Å². The summed E-state index contributed by atoms with van der Waals surface area (Å²) < 4.78 is 16.3. The van der Waals surface area contributed by atoms with Crippen LogP contribution in [0.1, 0.15) is 117 Å². The monoisotopic (exact) mass is 1200 g/mol. The topological polar surface area (TPSA) is 329 Å². The van der Waals surface area contributed by atoms with Gasteiger partial charge in [-0.3, -0.25) is 38.4 Å². The highest BCUT2D eigenvalue weighted by Gasteiger charge is 2.38. The maximum absolute atomic E-state index is 13.6. The molecule has 0 bridgehead atoms. The number of nitrogens with one attached hydrogen (secondary N) is 4. The van der Waals surface area contributed by atoms with Crippen molar-refractivity contribution in [2.75, 3.05) is 39.4 Å². The summed E-state index contributed by atoms with van der Waals surface area (Å²) in [6, 6.07) is 18.2. The maximum Gasteiger partial charge on any atom is 0.267 e. The first-order valence-electron chi connectivity index (χ1n) is 27.5. The maximum atomic E-state index is 13.6. The lowest BCUT2D eigenvalue weighted by atomic mass is 10.1. The number of likely N-dealkylation sites (tertiary alicyclic amines) is 2. The predicted molar refractivity (Wildman–Crippen MR) is 314 cm³/mol. The zero-order valence-electron chi connectivity index (χ0n) is 47.5. The number of aryl methyl sites for hydroxylation is 1. The van der Waals surface area contributed by atoms with E-state index >= 15 is 0 Å². The van der Waals surface area contributed by atoms with E-state index in [1.165, 1.54) is 30.2 Å². The molecule has 0 spiro atoms. The number of hydrogen-bond acceptors (Lipinski definition) is 15. The van der Waals surface area contributed by atoms with Gasteiger partial charge in [0.25, 0.3) is 11.8 Å². The third kappa shape index (κ3) is 21.4. The molecule has 4 heterocycles. The fourth-order valence-corrected chi connectivity index (χ4v) is 10.0. The van der Waals surface area contributed by atoms with E-state index in [9.17, 15) is 53.2 Å². The van der Waals surface area contributed by atoms with Crippen molar-refractivity contribution in [1.82, 2.24) is 40.8 Å². The minimum Gasteiger partial charge on any atom is -0.490 e. The zero-order valence-corrected chi connectivity index (χ0v) is 49.2. The molecular formula is C59H75ClN9O14P. The summed E-state index contributed by atoms with van der Waals surface area (Å²) >= 11 is 6.68. The Morgan fingerprint density at radius 2 is 1.77 bits per heavy atom. The number of primary amides is 1. The number of hydrogen-bond donors (Lipinski definition) is 8. The quantitative estimate of drug-likeness (QED) is 0.0142. The molecule has 5 aromatic rings. The number of ether oxygens (including phenoxy) is 2. The number of benzene rings is 3. The number of β-amino-alcohol motifs (C(OH)–C–C–N with tert-alkyl or cyclic N) is 1. The molecule has 452 valence electrons. The average molecular weight is 1200 g/mol. The third-order valence-electron chi connectivity index (χ3n) is 13.8. The first kappa shape index (κ1) is 66.9. The van der Waals surface area contributed by atoms with Crippen LogP contribution in [0.15, 0.2) is 83.6 Å². The Morgan fingerprint density at radius 1 is 1.01 bits per heavy atom. The van der Waals surface area contributed by atoms with Crippen molar-refractivity contribution < 1.29 is 67.2 Å². The van der Waals surface area contributed by atoms with Crippen LogP contribution in [-0.2, 0) is 41.7 Å².